The Bertz CT molecular complexity index is 717. The Morgan fingerprint density at radius 3 is 2.08 bits per heavy atom. The van der Waals surface area contributed by atoms with Gasteiger partial charge in [-0.2, -0.15) is 0 Å². The Morgan fingerprint density at radius 1 is 0.840 bits per heavy atom. The van der Waals surface area contributed by atoms with Crippen molar-refractivity contribution in [3.05, 3.63) is 70.7 Å². The van der Waals surface area contributed by atoms with E-state index < -0.39 is 24.4 Å². The van der Waals surface area contributed by atoms with Gasteiger partial charge in [0.05, 0.1) is 6.04 Å². The summed E-state index contributed by atoms with van der Waals surface area (Å²) in [5.74, 6) is 1.50. The second-order valence-corrected chi connectivity index (χ2v) is 6.88. The van der Waals surface area contributed by atoms with Gasteiger partial charge in [-0.05, 0) is 42.0 Å². The molecule has 2 aromatic rings. The van der Waals surface area contributed by atoms with Crippen molar-refractivity contribution >= 4 is 15.9 Å². The number of aliphatic hydroxyl groups excluding tert-OH is 3. The van der Waals surface area contributed by atoms with Gasteiger partial charge >= 0.3 is 0 Å². The zero-order chi connectivity index (χ0) is 17.8. The lowest BCUT2D eigenvalue weighted by Gasteiger charge is -2.31. The normalized spacial score (nSPS) is 25.8. The second kappa shape index (κ2) is 8.12. The van der Waals surface area contributed by atoms with Crippen LogP contribution in [0.15, 0.2) is 65.2 Å². The van der Waals surface area contributed by atoms with E-state index in [4.69, 9.17) is 4.74 Å². The molecule has 4 N–H and O–H groups in total. The van der Waals surface area contributed by atoms with Crippen LogP contribution in [0.1, 0.15) is 5.56 Å². The highest BCUT2D eigenvalue weighted by atomic mass is 79.9. The van der Waals surface area contributed by atoms with Crippen molar-refractivity contribution < 1.29 is 20.1 Å². The van der Waals surface area contributed by atoms with E-state index in [1.165, 1.54) is 6.08 Å². The number of hydrogen-bond donors (Lipinski definition) is 4. The number of hydrogen-bond acceptors (Lipinski definition) is 5. The molecule has 1 aliphatic rings. The largest absolute Gasteiger partial charge is 0.457 e. The van der Waals surface area contributed by atoms with Gasteiger partial charge in [0, 0.05) is 11.0 Å². The first kappa shape index (κ1) is 18.1. The number of aliphatic hydroxyl groups is 3. The minimum atomic E-state index is -1.18. The molecule has 0 heterocycles. The molecule has 1 aliphatic carbocycles. The molecule has 6 heteroatoms. The van der Waals surface area contributed by atoms with Crippen LogP contribution in [0.4, 0.5) is 0 Å². The van der Waals surface area contributed by atoms with Gasteiger partial charge in [-0.25, -0.2) is 0 Å². The standard InChI is InChI=1S/C19H20BrNO4/c20-13-3-7-15(8-4-13)25-14-5-1-12(2-6-14)11-21-16-9-10-17(22)19(24)18(16)23/h1-10,16-19,21-24H,11H2/t16-,17-,18+,19+/m1/s1. The number of nitrogens with one attached hydrogen (secondary N) is 1. The van der Waals surface area contributed by atoms with E-state index in [0.717, 1.165) is 21.5 Å². The van der Waals surface area contributed by atoms with Gasteiger partial charge in [-0.3, -0.25) is 0 Å². The van der Waals surface area contributed by atoms with E-state index >= 15 is 0 Å². The van der Waals surface area contributed by atoms with Crippen LogP contribution in [0.2, 0.25) is 0 Å². The van der Waals surface area contributed by atoms with Crippen LogP contribution in [0, 0.1) is 0 Å². The summed E-state index contributed by atoms with van der Waals surface area (Å²) in [5, 5.41) is 32.3. The molecule has 132 valence electrons. The van der Waals surface area contributed by atoms with Crippen LogP contribution in [0.3, 0.4) is 0 Å². The fourth-order valence-corrected chi connectivity index (χ4v) is 2.88. The number of halogens is 1. The van der Waals surface area contributed by atoms with E-state index in [9.17, 15) is 15.3 Å². The minimum absolute atomic E-state index is 0.405. The van der Waals surface area contributed by atoms with Crippen LogP contribution in [0.5, 0.6) is 11.5 Å². The van der Waals surface area contributed by atoms with Gasteiger partial charge < -0.3 is 25.4 Å². The molecule has 0 aromatic heterocycles. The summed E-state index contributed by atoms with van der Waals surface area (Å²) in [5.41, 5.74) is 1.02. The van der Waals surface area contributed by atoms with Gasteiger partial charge in [0.2, 0.25) is 0 Å². The fourth-order valence-electron chi connectivity index (χ4n) is 2.61. The molecule has 3 rings (SSSR count). The lowest BCUT2D eigenvalue weighted by Crippen LogP contribution is -2.51. The zero-order valence-corrected chi connectivity index (χ0v) is 15.0. The predicted octanol–water partition coefficient (Wildman–Crippen LogP) is 2.35. The Morgan fingerprint density at radius 2 is 1.44 bits per heavy atom. The molecule has 0 aliphatic heterocycles. The maximum Gasteiger partial charge on any atom is 0.127 e. The molecule has 0 fully saturated rings. The maximum atomic E-state index is 9.97. The summed E-state index contributed by atoms with van der Waals surface area (Å²) in [6.45, 7) is 0.521. The maximum absolute atomic E-state index is 9.97. The molecule has 0 saturated carbocycles. The molecule has 0 amide bonds. The third kappa shape index (κ3) is 4.68. The third-order valence-electron chi connectivity index (χ3n) is 4.10. The molecule has 0 unspecified atom stereocenters. The summed E-state index contributed by atoms with van der Waals surface area (Å²) in [6.07, 6.45) is -0.0793. The predicted molar refractivity (Wildman–Crippen MR) is 98.4 cm³/mol. The van der Waals surface area contributed by atoms with E-state index in [0.29, 0.717) is 6.54 Å². The highest BCUT2D eigenvalue weighted by Gasteiger charge is 2.32. The smallest absolute Gasteiger partial charge is 0.127 e. The Balaban J connectivity index is 1.56. The number of ether oxygens (including phenoxy) is 1. The number of benzene rings is 2. The van der Waals surface area contributed by atoms with Crippen molar-refractivity contribution in [2.24, 2.45) is 0 Å². The van der Waals surface area contributed by atoms with Gasteiger partial charge in [0.1, 0.15) is 29.8 Å². The van der Waals surface area contributed by atoms with Gasteiger partial charge in [-0.15, -0.1) is 0 Å². The van der Waals surface area contributed by atoms with E-state index in [-0.39, 0.29) is 0 Å². The topological polar surface area (TPSA) is 82.0 Å². The fraction of sp³-hybridized carbons (Fsp3) is 0.263. The van der Waals surface area contributed by atoms with Crippen LogP contribution < -0.4 is 10.1 Å². The molecule has 4 atom stereocenters. The van der Waals surface area contributed by atoms with Crippen molar-refractivity contribution in [2.45, 2.75) is 30.9 Å². The highest BCUT2D eigenvalue weighted by Crippen LogP contribution is 2.23. The quantitative estimate of drug-likeness (QED) is 0.574. The van der Waals surface area contributed by atoms with Crippen LogP contribution in [-0.4, -0.2) is 39.7 Å². The first-order valence-electron chi connectivity index (χ1n) is 8.01. The summed E-state index contributed by atoms with van der Waals surface area (Å²) >= 11 is 3.39. The lowest BCUT2D eigenvalue weighted by molar-refractivity contribution is -0.0567. The summed E-state index contributed by atoms with van der Waals surface area (Å²) in [7, 11) is 0. The zero-order valence-electron chi connectivity index (χ0n) is 13.4. The molecule has 0 bridgehead atoms. The lowest BCUT2D eigenvalue weighted by atomic mass is 9.94. The van der Waals surface area contributed by atoms with Gasteiger partial charge in [-0.1, -0.05) is 40.2 Å². The van der Waals surface area contributed by atoms with Crippen molar-refractivity contribution in [3.8, 4) is 11.5 Å². The third-order valence-corrected chi connectivity index (χ3v) is 4.63. The molecule has 0 radical (unpaired) electrons. The average Bonchev–Trinajstić information content (AvgIpc) is 2.62. The van der Waals surface area contributed by atoms with Crippen molar-refractivity contribution in [1.29, 1.82) is 0 Å². The average molecular weight is 406 g/mol. The second-order valence-electron chi connectivity index (χ2n) is 5.96. The van der Waals surface area contributed by atoms with Crippen LogP contribution >= 0.6 is 15.9 Å². The van der Waals surface area contributed by atoms with Crippen molar-refractivity contribution in [2.75, 3.05) is 0 Å². The molecule has 5 nitrogen and oxygen atoms in total. The molecule has 25 heavy (non-hydrogen) atoms. The monoisotopic (exact) mass is 405 g/mol. The summed E-state index contributed by atoms with van der Waals surface area (Å²) in [6, 6.07) is 14.8. The number of rotatable bonds is 5. The first-order chi connectivity index (χ1) is 12.0. The van der Waals surface area contributed by atoms with Crippen molar-refractivity contribution in [3.63, 3.8) is 0 Å². The first-order valence-corrected chi connectivity index (χ1v) is 8.80. The van der Waals surface area contributed by atoms with Crippen LogP contribution in [0.25, 0.3) is 0 Å². The molecular formula is C19H20BrNO4. The molecule has 0 saturated heterocycles. The Labute approximate surface area is 154 Å². The molecule has 2 aromatic carbocycles. The van der Waals surface area contributed by atoms with Crippen molar-refractivity contribution in [1.82, 2.24) is 5.32 Å². The van der Waals surface area contributed by atoms with E-state index in [1.807, 2.05) is 48.5 Å². The summed E-state index contributed by atoms with van der Waals surface area (Å²) in [4.78, 5) is 0. The SMILES string of the molecule is O[C@@H]1[C@@H](O)[C@H](NCc2ccc(Oc3ccc(Br)cc3)cc2)C=C[C@H]1O. The Hall–Kier alpha value is -1.70. The van der Waals surface area contributed by atoms with Gasteiger partial charge in [0.25, 0.3) is 0 Å². The minimum Gasteiger partial charge on any atom is -0.457 e. The highest BCUT2D eigenvalue weighted by molar-refractivity contribution is 9.10. The summed E-state index contributed by atoms with van der Waals surface area (Å²) < 4.78 is 6.77. The Kier molecular flexibility index (Phi) is 5.88. The van der Waals surface area contributed by atoms with E-state index in [2.05, 4.69) is 21.2 Å². The van der Waals surface area contributed by atoms with E-state index in [1.54, 1.807) is 6.08 Å². The molecule has 0 spiro atoms. The van der Waals surface area contributed by atoms with Crippen LogP contribution in [-0.2, 0) is 6.54 Å². The molecular weight excluding hydrogens is 386 g/mol. The van der Waals surface area contributed by atoms with Gasteiger partial charge in [0.15, 0.2) is 0 Å².